The molecule has 0 saturated carbocycles. The molecular formula is C11H24N2O2. The van der Waals surface area contributed by atoms with Crippen molar-refractivity contribution in [2.75, 3.05) is 53.1 Å². The van der Waals surface area contributed by atoms with Gasteiger partial charge in [0, 0.05) is 39.3 Å². The second-order valence-corrected chi connectivity index (χ2v) is 3.97. The van der Waals surface area contributed by atoms with E-state index in [1.165, 1.54) is 0 Å². The Hall–Kier alpha value is -0.160. The van der Waals surface area contributed by atoms with Gasteiger partial charge in [-0.2, -0.15) is 0 Å². The SMILES string of the molecule is CCC(COC)NCCN1CCOCC1. The molecular weight excluding hydrogens is 192 g/mol. The standard InChI is InChI=1S/C11H24N2O2/c1-3-11(10-14-2)12-4-5-13-6-8-15-9-7-13/h11-12H,3-10H2,1-2H3. The van der Waals surface area contributed by atoms with Crippen LogP contribution in [0.2, 0.25) is 0 Å². The number of methoxy groups -OCH3 is 1. The number of morpholine rings is 1. The van der Waals surface area contributed by atoms with Crippen molar-refractivity contribution in [2.24, 2.45) is 0 Å². The molecule has 1 unspecified atom stereocenters. The van der Waals surface area contributed by atoms with Gasteiger partial charge in [-0.15, -0.1) is 0 Å². The summed E-state index contributed by atoms with van der Waals surface area (Å²) in [4.78, 5) is 2.44. The van der Waals surface area contributed by atoms with E-state index in [4.69, 9.17) is 9.47 Å². The van der Waals surface area contributed by atoms with E-state index in [1.807, 2.05) is 0 Å². The molecule has 0 aromatic carbocycles. The zero-order valence-corrected chi connectivity index (χ0v) is 10.00. The molecule has 0 aromatic rings. The Morgan fingerprint density at radius 2 is 2.13 bits per heavy atom. The van der Waals surface area contributed by atoms with Gasteiger partial charge in [0.2, 0.25) is 0 Å². The highest BCUT2D eigenvalue weighted by Crippen LogP contribution is 1.96. The van der Waals surface area contributed by atoms with Crippen LogP contribution < -0.4 is 5.32 Å². The summed E-state index contributed by atoms with van der Waals surface area (Å²) in [5.74, 6) is 0. The Kier molecular flexibility index (Phi) is 6.92. The van der Waals surface area contributed by atoms with Gasteiger partial charge in [-0.1, -0.05) is 6.92 Å². The van der Waals surface area contributed by atoms with Gasteiger partial charge in [-0.25, -0.2) is 0 Å². The predicted octanol–water partition coefficient (Wildman–Crippen LogP) is 0.333. The monoisotopic (exact) mass is 216 g/mol. The summed E-state index contributed by atoms with van der Waals surface area (Å²) in [6.45, 7) is 9.06. The molecule has 1 atom stereocenters. The lowest BCUT2D eigenvalue weighted by Gasteiger charge is -2.27. The molecule has 1 N–H and O–H groups in total. The normalized spacial score (nSPS) is 20.4. The van der Waals surface area contributed by atoms with E-state index in [2.05, 4.69) is 17.1 Å². The Morgan fingerprint density at radius 3 is 2.73 bits per heavy atom. The molecule has 1 aliphatic heterocycles. The van der Waals surface area contributed by atoms with Crippen LogP contribution in [0.3, 0.4) is 0 Å². The first kappa shape index (κ1) is 12.9. The van der Waals surface area contributed by atoms with E-state index in [1.54, 1.807) is 7.11 Å². The van der Waals surface area contributed by atoms with Crippen LogP contribution in [-0.2, 0) is 9.47 Å². The fourth-order valence-corrected chi connectivity index (χ4v) is 1.77. The number of hydrogen-bond acceptors (Lipinski definition) is 4. The quantitative estimate of drug-likeness (QED) is 0.665. The number of nitrogens with zero attached hydrogens (tertiary/aromatic N) is 1. The molecule has 1 fully saturated rings. The van der Waals surface area contributed by atoms with Crippen LogP contribution in [0.4, 0.5) is 0 Å². The smallest absolute Gasteiger partial charge is 0.0615 e. The molecule has 0 aliphatic carbocycles. The van der Waals surface area contributed by atoms with Crippen LogP contribution in [0.25, 0.3) is 0 Å². The number of ether oxygens (including phenoxy) is 2. The third-order valence-corrected chi connectivity index (χ3v) is 2.83. The summed E-state index contributed by atoms with van der Waals surface area (Å²) in [6, 6.07) is 0.496. The Morgan fingerprint density at radius 1 is 1.40 bits per heavy atom. The van der Waals surface area contributed by atoms with E-state index < -0.39 is 0 Å². The molecule has 15 heavy (non-hydrogen) atoms. The summed E-state index contributed by atoms with van der Waals surface area (Å²) in [5, 5.41) is 3.51. The molecule has 1 heterocycles. The van der Waals surface area contributed by atoms with Gasteiger partial charge in [0.1, 0.15) is 0 Å². The summed E-state index contributed by atoms with van der Waals surface area (Å²) in [5.41, 5.74) is 0. The third kappa shape index (κ3) is 5.47. The van der Waals surface area contributed by atoms with Gasteiger partial charge >= 0.3 is 0 Å². The van der Waals surface area contributed by atoms with E-state index in [9.17, 15) is 0 Å². The first-order valence-electron chi connectivity index (χ1n) is 5.89. The highest BCUT2D eigenvalue weighted by Gasteiger charge is 2.10. The summed E-state index contributed by atoms with van der Waals surface area (Å²) >= 11 is 0. The highest BCUT2D eigenvalue weighted by atomic mass is 16.5. The average molecular weight is 216 g/mol. The van der Waals surface area contributed by atoms with Crippen LogP contribution in [0.5, 0.6) is 0 Å². The number of hydrogen-bond donors (Lipinski definition) is 1. The van der Waals surface area contributed by atoms with Gasteiger partial charge in [0.05, 0.1) is 19.8 Å². The van der Waals surface area contributed by atoms with Crippen molar-refractivity contribution in [1.82, 2.24) is 10.2 Å². The molecule has 90 valence electrons. The highest BCUT2D eigenvalue weighted by molar-refractivity contribution is 4.67. The van der Waals surface area contributed by atoms with Crippen molar-refractivity contribution in [3.63, 3.8) is 0 Å². The van der Waals surface area contributed by atoms with Gasteiger partial charge in [-0.05, 0) is 6.42 Å². The number of rotatable bonds is 7. The fourth-order valence-electron chi connectivity index (χ4n) is 1.77. The van der Waals surface area contributed by atoms with Crippen molar-refractivity contribution in [1.29, 1.82) is 0 Å². The van der Waals surface area contributed by atoms with Crippen LogP contribution in [0.1, 0.15) is 13.3 Å². The summed E-state index contributed by atoms with van der Waals surface area (Å²) in [6.07, 6.45) is 1.12. The molecule has 4 nitrogen and oxygen atoms in total. The fraction of sp³-hybridized carbons (Fsp3) is 1.00. The third-order valence-electron chi connectivity index (χ3n) is 2.83. The second-order valence-electron chi connectivity index (χ2n) is 3.97. The molecule has 0 radical (unpaired) electrons. The maximum absolute atomic E-state index is 5.30. The van der Waals surface area contributed by atoms with Gasteiger partial charge in [-0.3, -0.25) is 4.90 Å². The first-order valence-corrected chi connectivity index (χ1v) is 5.89. The van der Waals surface area contributed by atoms with Crippen LogP contribution in [0, 0.1) is 0 Å². The van der Waals surface area contributed by atoms with Crippen molar-refractivity contribution in [3.05, 3.63) is 0 Å². The zero-order valence-electron chi connectivity index (χ0n) is 10.00. The van der Waals surface area contributed by atoms with Gasteiger partial charge in [0.15, 0.2) is 0 Å². The Balaban J connectivity index is 2.03. The molecule has 1 saturated heterocycles. The lowest BCUT2D eigenvalue weighted by molar-refractivity contribution is 0.0376. The van der Waals surface area contributed by atoms with Crippen molar-refractivity contribution in [2.45, 2.75) is 19.4 Å². The second kappa shape index (κ2) is 8.05. The van der Waals surface area contributed by atoms with Crippen molar-refractivity contribution >= 4 is 0 Å². The maximum Gasteiger partial charge on any atom is 0.0615 e. The van der Waals surface area contributed by atoms with E-state index >= 15 is 0 Å². The first-order chi connectivity index (χ1) is 7.36. The molecule has 0 spiro atoms. The number of nitrogens with one attached hydrogen (secondary N) is 1. The van der Waals surface area contributed by atoms with Crippen LogP contribution in [0.15, 0.2) is 0 Å². The topological polar surface area (TPSA) is 33.7 Å². The van der Waals surface area contributed by atoms with Crippen LogP contribution in [-0.4, -0.2) is 64.1 Å². The van der Waals surface area contributed by atoms with Gasteiger partial charge in [0.25, 0.3) is 0 Å². The molecule has 1 rings (SSSR count). The zero-order chi connectivity index (χ0) is 10.9. The van der Waals surface area contributed by atoms with E-state index in [-0.39, 0.29) is 0 Å². The van der Waals surface area contributed by atoms with Crippen molar-refractivity contribution in [3.8, 4) is 0 Å². The molecule has 0 bridgehead atoms. The van der Waals surface area contributed by atoms with Crippen molar-refractivity contribution < 1.29 is 9.47 Å². The minimum atomic E-state index is 0.496. The minimum absolute atomic E-state index is 0.496. The average Bonchev–Trinajstić information content (AvgIpc) is 2.29. The minimum Gasteiger partial charge on any atom is -0.383 e. The predicted molar refractivity (Wildman–Crippen MR) is 61.2 cm³/mol. The molecule has 1 aliphatic rings. The largest absolute Gasteiger partial charge is 0.383 e. The molecule has 0 amide bonds. The molecule has 4 heteroatoms. The lowest BCUT2D eigenvalue weighted by Crippen LogP contribution is -2.43. The Labute approximate surface area is 92.9 Å². The Bertz CT molecular complexity index is 145. The maximum atomic E-state index is 5.30. The van der Waals surface area contributed by atoms with E-state index in [0.29, 0.717) is 6.04 Å². The van der Waals surface area contributed by atoms with Gasteiger partial charge < -0.3 is 14.8 Å². The van der Waals surface area contributed by atoms with E-state index in [0.717, 1.165) is 52.4 Å². The summed E-state index contributed by atoms with van der Waals surface area (Å²) < 4.78 is 10.4. The molecule has 0 aromatic heterocycles. The van der Waals surface area contributed by atoms with Crippen LogP contribution >= 0.6 is 0 Å². The lowest BCUT2D eigenvalue weighted by atomic mass is 10.2. The summed E-state index contributed by atoms with van der Waals surface area (Å²) in [7, 11) is 1.76.